The molecule has 0 aromatic rings. The summed E-state index contributed by atoms with van der Waals surface area (Å²) in [7, 11) is 0. The summed E-state index contributed by atoms with van der Waals surface area (Å²) < 4.78 is 0. The molecule has 0 aromatic carbocycles. The van der Waals surface area contributed by atoms with E-state index in [0.29, 0.717) is 6.42 Å². The molecule has 4 heteroatoms. The second kappa shape index (κ2) is 24.4. The van der Waals surface area contributed by atoms with Crippen molar-refractivity contribution in [1.29, 1.82) is 0 Å². The van der Waals surface area contributed by atoms with Crippen LogP contribution in [0.1, 0.15) is 110 Å². The Bertz CT molecular complexity index is 213. The molecule has 0 amide bonds. The fourth-order valence-corrected chi connectivity index (χ4v) is 2.65. The predicted molar refractivity (Wildman–Crippen MR) is 107 cm³/mol. The summed E-state index contributed by atoms with van der Waals surface area (Å²) in [5.41, 5.74) is 0. The Balaban J connectivity index is -0.00000180. The van der Waals surface area contributed by atoms with Crippen LogP contribution < -0.4 is 0 Å². The van der Waals surface area contributed by atoms with Crippen molar-refractivity contribution in [2.24, 2.45) is 0 Å². The Labute approximate surface area is 172 Å². The first-order chi connectivity index (χ1) is 9.77. The molecule has 0 aliphatic carbocycles. The first-order valence-corrected chi connectivity index (χ1v) is 8.99. The molecular formula is C18H41CaO2P. The SMILES string of the molecule is CCCCCCCCCCCCCCCCCC(=O)O.P.[CaH2]. The van der Waals surface area contributed by atoms with E-state index in [1.807, 2.05) is 0 Å². The minimum atomic E-state index is -0.653. The molecule has 1 unspecified atom stereocenters. The summed E-state index contributed by atoms with van der Waals surface area (Å²) >= 11 is 0. The summed E-state index contributed by atoms with van der Waals surface area (Å²) in [5, 5.41) is 8.52. The van der Waals surface area contributed by atoms with Gasteiger partial charge in [-0.3, -0.25) is 4.79 Å². The van der Waals surface area contributed by atoms with Crippen molar-refractivity contribution in [2.45, 2.75) is 110 Å². The minimum absolute atomic E-state index is 0. The molecule has 0 aliphatic rings. The fraction of sp³-hybridized carbons (Fsp3) is 0.944. The third-order valence-corrected chi connectivity index (χ3v) is 3.99. The molecule has 0 fully saturated rings. The Morgan fingerprint density at radius 3 is 1.18 bits per heavy atom. The molecule has 0 aliphatic heterocycles. The molecule has 0 saturated carbocycles. The molecule has 0 bridgehead atoms. The summed E-state index contributed by atoms with van der Waals surface area (Å²) in [5.74, 6) is -0.653. The Hall–Kier alpha value is 1.16. The number of carboxylic acids is 1. The first-order valence-electron chi connectivity index (χ1n) is 8.99. The van der Waals surface area contributed by atoms with E-state index in [4.69, 9.17) is 5.11 Å². The summed E-state index contributed by atoms with van der Waals surface area (Å²) in [6, 6.07) is 0. The van der Waals surface area contributed by atoms with Gasteiger partial charge in [0.1, 0.15) is 0 Å². The predicted octanol–water partition coefficient (Wildman–Crippen LogP) is 5.47. The maximum absolute atomic E-state index is 10.3. The third kappa shape index (κ3) is 26.1. The molecule has 0 aromatic heterocycles. The Morgan fingerprint density at radius 2 is 0.909 bits per heavy atom. The molecule has 0 heterocycles. The molecule has 2 nitrogen and oxygen atoms in total. The zero-order valence-corrected chi connectivity index (χ0v) is 15.8. The zero-order valence-electron chi connectivity index (χ0n) is 14.4. The molecule has 0 radical (unpaired) electrons. The van der Waals surface area contributed by atoms with Crippen LogP contribution in [-0.4, -0.2) is 48.8 Å². The van der Waals surface area contributed by atoms with E-state index in [0.717, 1.165) is 12.8 Å². The monoisotopic (exact) mass is 360 g/mol. The van der Waals surface area contributed by atoms with Crippen LogP contribution in [0.2, 0.25) is 0 Å². The number of carbonyl (C=O) groups is 1. The number of rotatable bonds is 16. The second-order valence-electron chi connectivity index (χ2n) is 6.09. The van der Waals surface area contributed by atoms with Crippen LogP contribution in [0.5, 0.6) is 0 Å². The van der Waals surface area contributed by atoms with Crippen molar-refractivity contribution in [3.8, 4) is 0 Å². The van der Waals surface area contributed by atoms with E-state index in [1.54, 1.807) is 0 Å². The summed E-state index contributed by atoms with van der Waals surface area (Å²) in [6.45, 7) is 2.27. The van der Waals surface area contributed by atoms with E-state index >= 15 is 0 Å². The molecule has 0 rings (SSSR count). The van der Waals surface area contributed by atoms with Gasteiger partial charge in [0.05, 0.1) is 0 Å². The van der Waals surface area contributed by atoms with Gasteiger partial charge in [-0.05, 0) is 6.42 Å². The van der Waals surface area contributed by atoms with Crippen molar-refractivity contribution in [3.63, 3.8) is 0 Å². The zero-order chi connectivity index (χ0) is 14.9. The molecule has 132 valence electrons. The van der Waals surface area contributed by atoms with Gasteiger partial charge in [-0.15, -0.1) is 0 Å². The number of hydrogen-bond donors (Lipinski definition) is 1. The van der Waals surface area contributed by atoms with Gasteiger partial charge in [0.15, 0.2) is 0 Å². The van der Waals surface area contributed by atoms with Crippen molar-refractivity contribution in [3.05, 3.63) is 0 Å². The summed E-state index contributed by atoms with van der Waals surface area (Å²) in [6.07, 6.45) is 20.2. The van der Waals surface area contributed by atoms with E-state index in [2.05, 4.69) is 6.92 Å². The van der Waals surface area contributed by atoms with Crippen LogP contribution in [0.15, 0.2) is 0 Å². The Kier molecular flexibility index (Phi) is 31.1. The number of unbranched alkanes of at least 4 members (excludes halogenated alkanes) is 14. The summed E-state index contributed by atoms with van der Waals surface area (Å²) in [4.78, 5) is 10.3. The van der Waals surface area contributed by atoms with Gasteiger partial charge >= 0.3 is 43.7 Å². The molecule has 22 heavy (non-hydrogen) atoms. The van der Waals surface area contributed by atoms with E-state index in [1.165, 1.54) is 83.5 Å². The van der Waals surface area contributed by atoms with Gasteiger partial charge < -0.3 is 5.11 Å². The van der Waals surface area contributed by atoms with Crippen molar-refractivity contribution >= 4 is 53.6 Å². The first kappa shape index (κ1) is 28.0. The average Bonchev–Trinajstić information content (AvgIpc) is 2.43. The number of carboxylic acid groups (broad SMARTS) is 1. The number of aliphatic carboxylic acids is 1. The molecule has 1 atom stereocenters. The van der Waals surface area contributed by atoms with Crippen LogP contribution >= 0.6 is 9.90 Å². The van der Waals surface area contributed by atoms with Gasteiger partial charge in [0.2, 0.25) is 0 Å². The van der Waals surface area contributed by atoms with Gasteiger partial charge in [-0.1, -0.05) is 96.8 Å². The van der Waals surface area contributed by atoms with Crippen LogP contribution in [0.3, 0.4) is 0 Å². The topological polar surface area (TPSA) is 37.3 Å². The van der Waals surface area contributed by atoms with Crippen LogP contribution in [0.25, 0.3) is 0 Å². The standard InChI is InChI=1S/C18H36O2.Ca.H3P.2H/c1-2-3-4-5-6-7-8-9-10-11-12-13-14-15-16-17-18(19)20;;;;/h2-17H2,1H3,(H,19,20);;1H3;;. The van der Waals surface area contributed by atoms with Gasteiger partial charge in [0, 0.05) is 6.42 Å². The van der Waals surface area contributed by atoms with E-state index < -0.39 is 5.97 Å². The van der Waals surface area contributed by atoms with Crippen molar-refractivity contribution in [2.75, 3.05) is 0 Å². The normalized spacial score (nSPS) is 9.86. The Morgan fingerprint density at radius 1 is 0.636 bits per heavy atom. The molecule has 1 N–H and O–H groups in total. The third-order valence-electron chi connectivity index (χ3n) is 3.99. The quantitative estimate of drug-likeness (QED) is 0.225. The van der Waals surface area contributed by atoms with E-state index in [9.17, 15) is 4.79 Å². The van der Waals surface area contributed by atoms with Gasteiger partial charge in [-0.25, -0.2) is 0 Å². The average molecular weight is 361 g/mol. The van der Waals surface area contributed by atoms with E-state index in [-0.39, 0.29) is 47.6 Å². The van der Waals surface area contributed by atoms with Crippen molar-refractivity contribution < 1.29 is 9.90 Å². The molecule has 0 saturated heterocycles. The fourth-order valence-electron chi connectivity index (χ4n) is 2.65. The molecular weight excluding hydrogens is 319 g/mol. The van der Waals surface area contributed by atoms with Crippen molar-refractivity contribution in [1.82, 2.24) is 0 Å². The van der Waals surface area contributed by atoms with Gasteiger partial charge in [0.25, 0.3) is 0 Å². The van der Waals surface area contributed by atoms with Crippen LogP contribution in [-0.2, 0) is 4.79 Å². The second-order valence-corrected chi connectivity index (χ2v) is 6.09. The van der Waals surface area contributed by atoms with Gasteiger partial charge in [-0.2, -0.15) is 9.90 Å². The maximum atomic E-state index is 10.3. The van der Waals surface area contributed by atoms with Crippen LogP contribution in [0.4, 0.5) is 0 Å². The van der Waals surface area contributed by atoms with Crippen LogP contribution in [0, 0.1) is 0 Å². The molecule has 0 spiro atoms. The number of hydrogen-bond acceptors (Lipinski definition) is 1.